The molecule has 0 bridgehead atoms. The summed E-state index contributed by atoms with van der Waals surface area (Å²) in [5.41, 5.74) is 0.658. The highest BCUT2D eigenvalue weighted by atomic mass is 16.5. The first-order chi connectivity index (χ1) is 9.85. The standard InChI is InChI=1S/C18H25NO2/c1-12(2)10-18(11-13(3)4)17(20)16(14(5)21-18)15-8-6-7-9-19-15/h6-9,12-13H,10-11H2,1-5H3. The van der Waals surface area contributed by atoms with Gasteiger partial charge in [-0.2, -0.15) is 0 Å². The number of ketones is 1. The fraction of sp³-hybridized carbons (Fsp3) is 0.556. The number of carbonyl (C=O) groups is 1. The number of hydrogen-bond acceptors (Lipinski definition) is 3. The Morgan fingerprint density at radius 1 is 1.14 bits per heavy atom. The molecule has 0 amide bonds. The maximum atomic E-state index is 13.1. The van der Waals surface area contributed by atoms with Crippen LogP contribution in [0.4, 0.5) is 0 Å². The van der Waals surface area contributed by atoms with Gasteiger partial charge in [-0.3, -0.25) is 9.78 Å². The van der Waals surface area contributed by atoms with E-state index >= 15 is 0 Å². The minimum absolute atomic E-state index is 0.0982. The lowest BCUT2D eigenvalue weighted by Gasteiger charge is -2.31. The molecule has 1 aromatic heterocycles. The van der Waals surface area contributed by atoms with E-state index in [-0.39, 0.29) is 5.78 Å². The van der Waals surface area contributed by atoms with E-state index in [4.69, 9.17) is 4.74 Å². The first kappa shape index (κ1) is 15.7. The summed E-state index contributed by atoms with van der Waals surface area (Å²) in [4.78, 5) is 17.4. The van der Waals surface area contributed by atoms with Crippen LogP contribution in [0.15, 0.2) is 30.2 Å². The van der Waals surface area contributed by atoms with Gasteiger partial charge in [0.05, 0.1) is 11.3 Å². The van der Waals surface area contributed by atoms with Gasteiger partial charge in [-0.25, -0.2) is 0 Å². The second kappa shape index (κ2) is 6.00. The molecule has 0 aromatic carbocycles. The highest BCUT2D eigenvalue weighted by molar-refractivity contribution is 6.26. The number of nitrogens with zero attached hydrogens (tertiary/aromatic N) is 1. The molecular weight excluding hydrogens is 262 g/mol. The number of carbonyl (C=O) groups excluding carboxylic acids is 1. The quantitative estimate of drug-likeness (QED) is 0.813. The van der Waals surface area contributed by atoms with Gasteiger partial charge in [-0.15, -0.1) is 0 Å². The first-order valence-electron chi connectivity index (χ1n) is 7.72. The third kappa shape index (κ3) is 3.17. The maximum absolute atomic E-state index is 13.1. The second-order valence-electron chi connectivity index (χ2n) is 6.77. The van der Waals surface area contributed by atoms with E-state index in [0.717, 1.165) is 18.5 Å². The van der Waals surface area contributed by atoms with Crippen molar-refractivity contribution < 1.29 is 9.53 Å². The molecule has 0 spiro atoms. The molecule has 0 saturated carbocycles. The normalized spacial score (nSPS) is 17.8. The molecule has 0 unspecified atom stereocenters. The Kier molecular flexibility index (Phi) is 4.50. The lowest BCUT2D eigenvalue weighted by atomic mass is 9.80. The minimum atomic E-state index is -0.709. The van der Waals surface area contributed by atoms with Crippen LogP contribution >= 0.6 is 0 Å². The Hall–Kier alpha value is -1.64. The molecule has 0 saturated heterocycles. The minimum Gasteiger partial charge on any atom is -0.483 e. The van der Waals surface area contributed by atoms with Crippen LogP contribution in [0.25, 0.3) is 5.57 Å². The number of aromatic nitrogens is 1. The van der Waals surface area contributed by atoms with Crippen LogP contribution in [0.3, 0.4) is 0 Å². The number of allylic oxidation sites excluding steroid dienone is 1. The summed E-state index contributed by atoms with van der Waals surface area (Å²) in [6.45, 7) is 10.4. The number of Topliss-reactive ketones (excluding diaryl/α,β-unsaturated/α-hetero) is 1. The molecule has 1 aromatic rings. The molecule has 3 nitrogen and oxygen atoms in total. The smallest absolute Gasteiger partial charge is 0.211 e. The van der Waals surface area contributed by atoms with Crippen molar-refractivity contribution in [2.24, 2.45) is 11.8 Å². The van der Waals surface area contributed by atoms with Crippen molar-refractivity contribution in [1.29, 1.82) is 0 Å². The first-order valence-corrected chi connectivity index (χ1v) is 7.72. The zero-order valence-corrected chi connectivity index (χ0v) is 13.6. The lowest BCUT2D eigenvalue weighted by Crippen LogP contribution is -2.40. The van der Waals surface area contributed by atoms with E-state index in [9.17, 15) is 4.79 Å². The van der Waals surface area contributed by atoms with Gasteiger partial charge in [-0.1, -0.05) is 33.8 Å². The Morgan fingerprint density at radius 2 is 1.76 bits per heavy atom. The van der Waals surface area contributed by atoms with Crippen LogP contribution in [0.1, 0.15) is 53.2 Å². The topological polar surface area (TPSA) is 39.2 Å². The van der Waals surface area contributed by atoms with Gasteiger partial charge >= 0.3 is 0 Å². The molecule has 2 rings (SSSR count). The second-order valence-corrected chi connectivity index (χ2v) is 6.77. The van der Waals surface area contributed by atoms with Gasteiger partial charge in [0.25, 0.3) is 0 Å². The summed E-state index contributed by atoms with van der Waals surface area (Å²) in [5, 5.41) is 0. The molecule has 0 radical (unpaired) electrons. The highest BCUT2D eigenvalue weighted by Crippen LogP contribution is 2.42. The Morgan fingerprint density at radius 3 is 2.24 bits per heavy atom. The van der Waals surface area contributed by atoms with Crippen LogP contribution in [-0.2, 0) is 9.53 Å². The van der Waals surface area contributed by atoms with E-state index < -0.39 is 5.60 Å². The Bertz CT molecular complexity index is 534. The summed E-state index contributed by atoms with van der Waals surface area (Å²) in [6.07, 6.45) is 3.21. The number of pyridine rings is 1. The fourth-order valence-corrected chi connectivity index (χ4v) is 3.26. The summed E-state index contributed by atoms with van der Waals surface area (Å²) in [5.74, 6) is 1.62. The van der Waals surface area contributed by atoms with Crippen molar-refractivity contribution in [2.75, 3.05) is 0 Å². The average molecular weight is 287 g/mol. The average Bonchev–Trinajstić information content (AvgIpc) is 2.60. The van der Waals surface area contributed by atoms with E-state index in [1.54, 1.807) is 6.20 Å². The predicted octanol–water partition coefficient (Wildman–Crippen LogP) is 4.24. The van der Waals surface area contributed by atoms with E-state index in [1.165, 1.54) is 0 Å². The molecule has 114 valence electrons. The number of rotatable bonds is 5. The number of ether oxygens (including phenoxy) is 1. The molecule has 0 aliphatic carbocycles. The fourth-order valence-electron chi connectivity index (χ4n) is 3.26. The van der Waals surface area contributed by atoms with Crippen molar-refractivity contribution in [3.63, 3.8) is 0 Å². The number of hydrogen-bond donors (Lipinski definition) is 0. The molecule has 21 heavy (non-hydrogen) atoms. The van der Waals surface area contributed by atoms with Gasteiger partial charge < -0.3 is 4.74 Å². The van der Waals surface area contributed by atoms with Crippen molar-refractivity contribution in [3.8, 4) is 0 Å². The highest BCUT2D eigenvalue weighted by Gasteiger charge is 2.49. The van der Waals surface area contributed by atoms with E-state index in [1.807, 2.05) is 25.1 Å². The van der Waals surface area contributed by atoms with Gasteiger partial charge in [0, 0.05) is 6.20 Å². The summed E-state index contributed by atoms with van der Waals surface area (Å²) in [7, 11) is 0. The maximum Gasteiger partial charge on any atom is 0.211 e. The molecule has 0 N–H and O–H groups in total. The monoisotopic (exact) mass is 287 g/mol. The Labute approximate surface area is 127 Å². The van der Waals surface area contributed by atoms with Crippen LogP contribution in [-0.4, -0.2) is 16.4 Å². The lowest BCUT2D eigenvalue weighted by molar-refractivity contribution is -0.133. The predicted molar refractivity (Wildman–Crippen MR) is 84.6 cm³/mol. The van der Waals surface area contributed by atoms with Gasteiger partial charge in [0.2, 0.25) is 5.78 Å². The molecule has 0 fully saturated rings. The molecule has 3 heteroatoms. The third-order valence-electron chi connectivity index (χ3n) is 3.74. The zero-order valence-electron chi connectivity index (χ0n) is 13.6. The van der Waals surface area contributed by atoms with Crippen LogP contribution in [0, 0.1) is 11.8 Å². The summed E-state index contributed by atoms with van der Waals surface area (Å²) in [6, 6.07) is 5.64. The zero-order chi connectivity index (χ0) is 15.6. The van der Waals surface area contributed by atoms with E-state index in [2.05, 4.69) is 32.7 Å². The Balaban J connectivity index is 2.39. The molecular formula is C18H25NO2. The third-order valence-corrected chi connectivity index (χ3v) is 3.74. The van der Waals surface area contributed by atoms with Crippen LogP contribution < -0.4 is 0 Å². The van der Waals surface area contributed by atoms with E-state index in [0.29, 0.717) is 23.2 Å². The largest absolute Gasteiger partial charge is 0.483 e. The molecule has 1 aliphatic rings. The molecule has 2 heterocycles. The molecule has 0 atom stereocenters. The van der Waals surface area contributed by atoms with Crippen molar-refractivity contribution in [1.82, 2.24) is 4.98 Å². The summed E-state index contributed by atoms with van der Waals surface area (Å²) < 4.78 is 6.14. The summed E-state index contributed by atoms with van der Waals surface area (Å²) >= 11 is 0. The van der Waals surface area contributed by atoms with Crippen LogP contribution in [0.2, 0.25) is 0 Å². The van der Waals surface area contributed by atoms with Crippen molar-refractivity contribution in [2.45, 2.75) is 53.1 Å². The van der Waals surface area contributed by atoms with Crippen LogP contribution in [0.5, 0.6) is 0 Å². The van der Waals surface area contributed by atoms with Gasteiger partial charge in [-0.05, 0) is 43.7 Å². The van der Waals surface area contributed by atoms with Crippen molar-refractivity contribution in [3.05, 3.63) is 35.8 Å². The molecule has 1 aliphatic heterocycles. The van der Waals surface area contributed by atoms with Gasteiger partial charge in [0.15, 0.2) is 5.60 Å². The van der Waals surface area contributed by atoms with Crippen molar-refractivity contribution >= 4 is 11.4 Å². The SMILES string of the molecule is CC1=C(c2ccccn2)C(=O)C(CC(C)C)(CC(C)C)O1. The van der Waals surface area contributed by atoms with Gasteiger partial charge in [0.1, 0.15) is 5.76 Å².